The number of nitriles is 1. The fourth-order valence-corrected chi connectivity index (χ4v) is 2.27. The third-order valence-corrected chi connectivity index (χ3v) is 3.14. The Kier molecular flexibility index (Phi) is 3.90. The average molecular weight is 368 g/mol. The molecule has 90 valence electrons. The molecule has 0 aromatic heterocycles. The van der Waals surface area contributed by atoms with Crippen molar-refractivity contribution in [2.45, 2.75) is 0 Å². The third kappa shape index (κ3) is 3.03. The molecule has 0 saturated carbocycles. The Morgan fingerprint density at radius 3 is 2.50 bits per heavy atom. The van der Waals surface area contributed by atoms with E-state index in [1.807, 2.05) is 0 Å². The van der Waals surface area contributed by atoms with Crippen molar-refractivity contribution in [3.05, 3.63) is 50.9 Å². The van der Waals surface area contributed by atoms with Gasteiger partial charge in [0.15, 0.2) is 0 Å². The molecule has 0 radical (unpaired) electrons. The zero-order valence-corrected chi connectivity index (χ0v) is 12.3. The first-order valence-electron chi connectivity index (χ1n) is 5.02. The second-order valence-corrected chi connectivity index (χ2v) is 5.41. The number of hydrogen-bond acceptors (Lipinski definition) is 3. The zero-order chi connectivity index (χ0) is 13.1. The molecule has 0 aliphatic heterocycles. The lowest BCUT2D eigenvalue weighted by atomic mass is 10.2. The Bertz CT molecular complexity index is 615. The summed E-state index contributed by atoms with van der Waals surface area (Å²) in [4.78, 5) is 0. The van der Waals surface area contributed by atoms with Crippen LogP contribution in [-0.4, -0.2) is 0 Å². The summed E-state index contributed by atoms with van der Waals surface area (Å²) >= 11 is 6.69. The highest BCUT2D eigenvalue weighted by Crippen LogP contribution is 2.31. The summed E-state index contributed by atoms with van der Waals surface area (Å²) in [5.74, 6) is 1.07. The predicted molar refractivity (Wildman–Crippen MR) is 77.5 cm³/mol. The van der Waals surface area contributed by atoms with Crippen molar-refractivity contribution >= 4 is 37.5 Å². The number of benzene rings is 2. The summed E-state index contributed by atoms with van der Waals surface area (Å²) in [5, 5.41) is 9.02. The Labute approximate surface area is 121 Å². The van der Waals surface area contributed by atoms with Gasteiger partial charge < -0.3 is 10.5 Å². The van der Waals surface area contributed by atoms with Crippen LogP contribution in [-0.2, 0) is 0 Å². The van der Waals surface area contributed by atoms with E-state index >= 15 is 0 Å². The molecule has 0 bridgehead atoms. The van der Waals surface area contributed by atoms with E-state index in [4.69, 9.17) is 15.7 Å². The summed E-state index contributed by atoms with van der Waals surface area (Å²) in [5.41, 5.74) is 6.79. The molecule has 18 heavy (non-hydrogen) atoms. The van der Waals surface area contributed by atoms with E-state index in [0.717, 1.165) is 8.95 Å². The number of anilines is 1. The molecule has 0 unspecified atom stereocenters. The van der Waals surface area contributed by atoms with Crippen molar-refractivity contribution in [2.24, 2.45) is 0 Å². The largest absolute Gasteiger partial charge is 0.456 e. The molecule has 0 heterocycles. The number of rotatable bonds is 2. The van der Waals surface area contributed by atoms with Gasteiger partial charge in [0, 0.05) is 20.7 Å². The van der Waals surface area contributed by atoms with Gasteiger partial charge in [-0.1, -0.05) is 31.9 Å². The Morgan fingerprint density at radius 1 is 1.06 bits per heavy atom. The minimum absolute atomic E-state index is 0.469. The number of nitrogens with two attached hydrogens (primary N) is 1. The highest BCUT2D eigenvalue weighted by atomic mass is 79.9. The van der Waals surface area contributed by atoms with Crippen LogP contribution in [0.4, 0.5) is 5.69 Å². The maximum absolute atomic E-state index is 9.02. The summed E-state index contributed by atoms with van der Waals surface area (Å²) in [6, 6.07) is 12.6. The van der Waals surface area contributed by atoms with Gasteiger partial charge in [0.05, 0.1) is 5.56 Å². The van der Waals surface area contributed by atoms with Crippen molar-refractivity contribution in [2.75, 3.05) is 5.73 Å². The molecule has 0 amide bonds. The van der Waals surface area contributed by atoms with Crippen LogP contribution in [0.5, 0.6) is 11.5 Å². The normalized spacial score (nSPS) is 9.83. The first-order chi connectivity index (χ1) is 8.58. The van der Waals surface area contributed by atoms with Crippen molar-refractivity contribution in [3.63, 3.8) is 0 Å². The molecule has 2 rings (SSSR count). The molecule has 3 nitrogen and oxygen atoms in total. The minimum atomic E-state index is 0.469. The SMILES string of the molecule is N#Cc1ccc(Br)cc1Oc1cc(N)cc(Br)c1. The van der Waals surface area contributed by atoms with Crippen LogP contribution in [0, 0.1) is 11.3 Å². The number of halogens is 2. The maximum atomic E-state index is 9.02. The second-order valence-electron chi connectivity index (χ2n) is 3.57. The first-order valence-corrected chi connectivity index (χ1v) is 6.60. The van der Waals surface area contributed by atoms with E-state index < -0.39 is 0 Å². The van der Waals surface area contributed by atoms with E-state index in [1.54, 1.807) is 36.4 Å². The summed E-state index contributed by atoms with van der Waals surface area (Å²) < 4.78 is 7.35. The molecular weight excluding hydrogens is 360 g/mol. The van der Waals surface area contributed by atoms with Gasteiger partial charge in [-0.2, -0.15) is 5.26 Å². The summed E-state index contributed by atoms with van der Waals surface area (Å²) in [7, 11) is 0. The summed E-state index contributed by atoms with van der Waals surface area (Å²) in [6.45, 7) is 0. The van der Waals surface area contributed by atoms with Crippen LogP contribution >= 0.6 is 31.9 Å². The highest BCUT2D eigenvalue weighted by Gasteiger charge is 2.06. The Hall–Kier alpha value is -1.51. The molecule has 5 heteroatoms. The van der Waals surface area contributed by atoms with Gasteiger partial charge in [0.2, 0.25) is 0 Å². The van der Waals surface area contributed by atoms with E-state index in [1.165, 1.54) is 0 Å². The van der Waals surface area contributed by atoms with Crippen molar-refractivity contribution in [3.8, 4) is 17.6 Å². The molecule has 0 fully saturated rings. The van der Waals surface area contributed by atoms with Crippen LogP contribution in [0.3, 0.4) is 0 Å². The number of nitrogen functional groups attached to an aromatic ring is 1. The lowest BCUT2D eigenvalue weighted by Gasteiger charge is -2.09. The van der Waals surface area contributed by atoms with Crippen LogP contribution < -0.4 is 10.5 Å². The Morgan fingerprint density at radius 2 is 1.83 bits per heavy atom. The monoisotopic (exact) mass is 366 g/mol. The molecular formula is C13H8Br2N2O. The summed E-state index contributed by atoms with van der Waals surface area (Å²) in [6.07, 6.45) is 0. The van der Waals surface area contributed by atoms with Gasteiger partial charge >= 0.3 is 0 Å². The molecule has 2 aromatic rings. The lowest BCUT2D eigenvalue weighted by molar-refractivity contribution is 0.480. The number of ether oxygens (including phenoxy) is 1. The molecule has 0 aliphatic rings. The van der Waals surface area contributed by atoms with Crippen LogP contribution in [0.25, 0.3) is 0 Å². The third-order valence-electron chi connectivity index (χ3n) is 2.19. The number of hydrogen-bond donors (Lipinski definition) is 1. The van der Waals surface area contributed by atoms with Crippen molar-refractivity contribution in [1.29, 1.82) is 5.26 Å². The van der Waals surface area contributed by atoms with Gasteiger partial charge in [-0.05, 0) is 30.3 Å². The van der Waals surface area contributed by atoms with Gasteiger partial charge in [-0.15, -0.1) is 0 Å². The smallest absolute Gasteiger partial charge is 0.146 e. The number of nitrogens with zero attached hydrogens (tertiary/aromatic N) is 1. The van der Waals surface area contributed by atoms with Crippen molar-refractivity contribution < 1.29 is 4.74 Å². The molecule has 0 atom stereocenters. The average Bonchev–Trinajstić information content (AvgIpc) is 2.27. The predicted octanol–water partition coefficient (Wildman–Crippen LogP) is 4.46. The van der Waals surface area contributed by atoms with Gasteiger partial charge in [0.1, 0.15) is 17.6 Å². The first kappa shape index (κ1) is 12.9. The molecule has 0 saturated heterocycles. The fraction of sp³-hybridized carbons (Fsp3) is 0. The Balaban J connectivity index is 2.39. The second kappa shape index (κ2) is 5.42. The molecule has 0 spiro atoms. The van der Waals surface area contributed by atoms with E-state index in [9.17, 15) is 0 Å². The lowest BCUT2D eigenvalue weighted by Crippen LogP contribution is -1.91. The van der Waals surface area contributed by atoms with Crippen LogP contribution in [0.1, 0.15) is 5.56 Å². The molecule has 2 N–H and O–H groups in total. The minimum Gasteiger partial charge on any atom is -0.456 e. The fourth-order valence-electron chi connectivity index (χ4n) is 1.44. The van der Waals surface area contributed by atoms with Crippen molar-refractivity contribution in [1.82, 2.24) is 0 Å². The zero-order valence-electron chi connectivity index (χ0n) is 9.15. The van der Waals surface area contributed by atoms with Gasteiger partial charge in [0.25, 0.3) is 0 Å². The maximum Gasteiger partial charge on any atom is 0.146 e. The quantitative estimate of drug-likeness (QED) is 0.797. The molecule has 0 aliphatic carbocycles. The van der Waals surface area contributed by atoms with Crippen LogP contribution in [0.2, 0.25) is 0 Å². The standard InChI is InChI=1S/C13H8Br2N2O/c14-9-2-1-8(7-16)13(5-9)18-12-4-10(15)3-11(17)6-12/h1-6H,17H2. The highest BCUT2D eigenvalue weighted by molar-refractivity contribution is 9.10. The van der Waals surface area contributed by atoms with E-state index in [-0.39, 0.29) is 0 Å². The van der Waals surface area contributed by atoms with E-state index in [2.05, 4.69) is 37.9 Å². The van der Waals surface area contributed by atoms with Gasteiger partial charge in [-0.25, -0.2) is 0 Å². The topological polar surface area (TPSA) is 59.0 Å². The van der Waals surface area contributed by atoms with Crippen LogP contribution in [0.15, 0.2) is 45.3 Å². The van der Waals surface area contributed by atoms with Gasteiger partial charge in [-0.3, -0.25) is 0 Å². The van der Waals surface area contributed by atoms with E-state index in [0.29, 0.717) is 22.7 Å². The molecule has 2 aromatic carbocycles.